The normalized spacial score (nSPS) is 23.4. The maximum absolute atomic E-state index is 5.90. The van der Waals surface area contributed by atoms with E-state index < -0.39 is 0 Å². The van der Waals surface area contributed by atoms with E-state index in [-0.39, 0.29) is 6.04 Å². The van der Waals surface area contributed by atoms with Crippen LogP contribution < -0.4 is 5.73 Å². The Bertz CT molecular complexity index is 555. The van der Waals surface area contributed by atoms with Crippen molar-refractivity contribution in [2.75, 3.05) is 0 Å². The number of nitrogens with zero attached hydrogens (tertiary/aromatic N) is 2. The quantitative estimate of drug-likeness (QED) is 0.926. The third kappa shape index (κ3) is 2.33. The fourth-order valence-corrected chi connectivity index (χ4v) is 2.79. The SMILES string of the molecule is N[C@H]1CC[C@@H](c2nc(-c3cccc(Br)c3)no2)C1. The van der Waals surface area contributed by atoms with Gasteiger partial charge in [-0.2, -0.15) is 4.98 Å². The fraction of sp³-hybridized carbons (Fsp3) is 0.385. The zero-order valence-corrected chi connectivity index (χ0v) is 11.4. The minimum atomic E-state index is 0.274. The number of aromatic nitrogens is 2. The lowest BCUT2D eigenvalue weighted by Gasteiger charge is -2.01. The van der Waals surface area contributed by atoms with E-state index in [1.807, 2.05) is 24.3 Å². The molecule has 1 aromatic carbocycles. The van der Waals surface area contributed by atoms with Gasteiger partial charge >= 0.3 is 0 Å². The van der Waals surface area contributed by atoms with E-state index in [1.165, 1.54) is 0 Å². The predicted octanol–water partition coefficient (Wildman–Crippen LogP) is 3.09. The molecule has 4 nitrogen and oxygen atoms in total. The smallest absolute Gasteiger partial charge is 0.230 e. The van der Waals surface area contributed by atoms with Crippen LogP contribution in [-0.4, -0.2) is 16.2 Å². The molecule has 3 rings (SSSR count). The average Bonchev–Trinajstić information content (AvgIpc) is 2.97. The van der Waals surface area contributed by atoms with Crippen LogP contribution in [0.2, 0.25) is 0 Å². The van der Waals surface area contributed by atoms with Gasteiger partial charge in [-0.1, -0.05) is 33.2 Å². The minimum absolute atomic E-state index is 0.274. The van der Waals surface area contributed by atoms with Crippen LogP contribution in [-0.2, 0) is 0 Å². The predicted molar refractivity (Wildman–Crippen MR) is 72.0 cm³/mol. The van der Waals surface area contributed by atoms with Crippen molar-refractivity contribution in [1.29, 1.82) is 0 Å². The number of benzene rings is 1. The Hall–Kier alpha value is -1.20. The molecule has 2 atom stereocenters. The number of halogens is 1. The summed E-state index contributed by atoms with van der Waals surface area (Å²) >= 11 is 3.44. The third-order valence-electron chi connectivity index (χ3n) is 3.35. The average molecular weight is 308 g/mol. The second kappa shape index (κ2) is 4.82. The lowest BCUT2D eigenvalue weighted by molar-refractivity contribution is 0.353. The molecule has 0 bridgehead atoms. The molecule has 1 fully saturated rings. The van der Waals surface area contributed by atoms with Gasteiger partial charge in [-0.3, -0.25) is 0 Å². The molecule has 5 heteroatoms. The standard InChI is InChI=1S/C13H14BrN3O/c14-10-3-1-2-8(6-10)12-16-13(18-17-12)9-4-5-11(15)7-9/h1-3,6,9,11H,4-5,7,15H2/t9-,11+/m1/s1. The molecular formula is C13H14BrN3O. The molecule has 1 aliphatic carbocycles. The zero-order valence-electron chi connectivity index (χ0n) is 9.84. The minimum Gasteiger partial charge on any atom is -0.339 e. The van der Waals surface area contributed by atoms with Crippen molar-refractivity contribution in [2.24, 2.45) is 5.73 Å². The van der Waals surface area contributed by atoms with Gasteiger partial charge in [0.05, 0.1) is 0 Å². The highest BCUT2D eigenvalue weighted by molar-refractivity contribution is 9.10. The lowest BCUT2D eigenvalue weighted by Crippen LogP contribution is -2.14. The zero-order chi connectivity index (χ0) is 12.5. The molecule has 0 amide bonds. The highest BCUT2D eigenvalue weighted by atomic mass is 79.9. The summed E-state index contributed by atoms with van der Waals surface area (Å²) in [6.07, 6.45) is 3.03. The Morgan fingerprint density at radius 3 is 2.94 bits per heavy atom. The highest BCUT2D eigenvalue weighted by Crippen LogP contribution is 2.33. The van der Waals surface area contributed by atoms with E-state index in [1.54, 1.807) is 0 Å². The van der Waals surface area contributed by atoms with Gasteiger partial charge in [0.25, 0.3) is 0 Å². The Kier molecular flexibility index (Phi) is 3.18. The number of hydrogen-bond acceptors (Lipinski definition) is 4. The van der Waals surface area contributed by atoms with Crippen molar-refractivity contribution in [1.82, 2.24) is 10.1 Å². The van der Waals surface area contributed by atoms with Gasteiger partial charge in [-0.25, -0.2) is 0 Å². The van der Waals surface area contributed by atoms with Gasteiger partial charge in [0, 0.05) is 22.0 Å². The first-order valence-electron chi connectivity index (χ1n) is 6.07. The van der Waals surface area contributed by atoms with Crippen LogP contribution in [0.15, 0.2) is 33.3 Å². The number of hydrogen-bond donors (Lipinski definition) is 1. The molecule has 0 radical (unpaired) electrons. The summed E-state index contributed by atoms with van der Waals surface area (Å²) in [5.74, 6) is 1.69. The van der Waals surface area contributed by atoms with Crippen LogP contribution in [0.5, 0.6) is 0 Å². The Balaban J connectivity index is 1.85. The Morgan fingerprint density at radius 1 is 1.33 bits per heavy atom. The first kappa shape index (κ1) is 11.9. The molecule has 1 aromatic heterocycles. The van der Waals surface area contributed by atoms with Gasteiger partial charge in [0.1, 0.15) is 0 Å². The molecule has 0 unspecified atom stereocenters. The highest BCUT2D eigenvalue weighted by Gasteiger charge is 2.27. The second-order valence-corrected chi connectivity index (χ2v) is 5.65. The van der Waals surface area contributed by atoms with E-state index in [0.717, 1.165) is 35.2 Å². The molecule has 1 aliphatic rings. The molecule has 18 heavy (non-hydrogen) atoms. The van der Waals surface area contributed by atoms with E-state index >= 15 is 0 Å². The molecule has 0 aliphatic heterocycles. The summed E-state index contributed by atoms with van der Waals surface area (Å²) < 4.78 is 6.37. The van der Waals surface area contributed by atoms with E-state index in [4.69, 9.17) is 10.3 Å². The molecule has 94 valence electrons. The molecular weight excluding hydrogens is 294 g/mol. The fourth-order valence-electron chi connectivity index (χ4n) is 2.39. The third-order valence-corrected chi connectivity index (χ3v) is 3.84. The van der Waals surface area contributed by atoms with Crippen LogP contribution in [0.3, 0.4) is 0 Å². The number of rotatable bonds is 2. The Labute approximate surface area is 114 Å². The maximum Gasteiger partial charge on any atom is 0.230 e. The van der Waals surface area contributed by atoms with E-state index in [0.29, 0.717) is 11.7 Å². The molecule has 1 saturated carbocycles. The topological polar surface area (TPSA) is 64.9 Å². The summed E-state index contributed by atoms with van der Waals surface area (Å²) in [7, 11) is 0. The van der Waals surface area contributed by atoms with Gasteiger partial charge in [0.2, 0.25) is 11.7 Å². The molecule has 2 N–H and O–H groups in total. The summed E-state index contributed by atoms with van der Waals surface area (Å²) in [5, 5.41) is 4.05. The van der Waals surface area contributed by atoms with Gasteiger partial charge in [-0.15, -0.1) is 0 Å². The van der Waals surface area contributed by atoms with Gasteiger partial charge in [0.15, 0.2) is 0 Å². The van der Waals surface area contributed by atoms with Crippen molar-refractivity contribution >= 4 is 15.9 Å². The second-order valence-electron chi connectivity index (χ2n) is 4.74. The summed E-state index contributed by atoms with van der Waals surface area (Å²) in [5.41, 5.74) is 6.86. The Morgan fingerprint density at radius 2 is 2.22 bits per heavy atom. The monoisotopic (exact) mass is 307 g/mol. The summed E-state index contributed by atoms with van der Waals surface area (Å²) in [6.45, 7) is 0. The first-order valence-corrected chi connectivity index (χ1v) is 6.87. The van der Waals surface area contributed by atoms with Crippen molar-refractivity contribution in [3.63, 3.8) is 0 Å². The van der Waals surface area contributed by atoms with Crippen LogP contribution in [0, 0.1) is 0 Å². The maximum atomic E-state index is 5.90. The number of nitrogens with two attached hydrogens (primary N) is 1. The van der Waals surface area contributed by atoms with Crippen molar-refractivity contribution in [2.45, 2.75) is 31.2 Å². The van der Waals surface area contributed by atoms with Crippen LogP contribution in [0.1, 0.15) is 31.1 Å². The van der Waals surface area contributed by atoms with Crippen molar-refractivity contribution < 1.29 is 4.52 Å². The molecule has 0 saturated heterocycles. The van der Waals surface area contributed by atoms with E-state index in [2.05, 4.69) is 26.1 Å². The molecule has 0 spiro atoms. The van der Waals surface area contributed by atoms with Gasteiger partial charge in [-0.05, 0) is 31.4 Å². The summed E-state index contributed by atoms with van der Waals surface area (Å²) in [4.78, 5) is 4.48. The largest absolute Gasteiger partial charge is 0.339 e. The van der Waals surface area contributed by atoms with Gasteiger partial charge < -0.3 is 10.3 Å². The van der Waals surface area contributed by atoms with Crippen LogP contribution >= 0.6 is 15.9 Å². The summed E-state index contributed by atoms with van der Waals surface area (Å²) in [6, 6.07) is 8.16. The van der Waals surface area contributed by atoms with Crippen LogP contribution in [0.4, 0.5) is 0 Å². The van der Waals surface area contributed by atoms with E-state index in [9.17, 15) is 0 Å². The lowest BCUT2D eigenvalue weighted by atomic mass is 10.1. The molecule has 2 aromatic rings. The van der Waals surface area contributed by atoms with Crippen molar-refractivity contribution in [3.8, 4) is 11.4 Å². The van der Waals surface area contributed by atoms with Crippen molar-refractivity contribution in [3.05, 3.63) is 34.6 Å². The van der Waals surface area contributed by atoms with Crippen LogP contribution in [0.25, 0.3) is 11.4 Å². The molecule has 1 heterocycles. The first-order chi connectivity index (χ1) is 8.72.